The second-order valence-electron chi connectivity index (χ2n) is 23.5. The van der Waals surface area contributed by atoms with E-state index in [0.29, 0.717) is 0 Å². The van der Waals surface area contributed by atoms with Gasteiger partial charge in [0.25, 0.3) is 6.71 Å². The zero-order valence-corrected chi connectivity index (χ0v) is 42.2. The Bertz CT molecular complexity index is 3320. The van der Waals surface area contributed by atoms with Gasteiger partial charge in [0.1, 0.15) is 0 Å². The van der Waals surface area contributed by atoms with Crippen LogP contribution in [0.2, 0.25) is 0 Å². The first kappa shape index (κ1) is 42.5. The molecule has 3 heterocycles. The molecule has 0 saturated heterocycles. The normalized spacial score (nSPS) is 15.8. The average molecular weight is 891 g/mol. The topological polar surface area (TPSA) is 6.48 Å². The minimum Gasteiger partial charge on any atom is -0.311 e. The number of anilines is 6. The van der Waals surface area contributed by atoms with Crippen molar-refractivity contribution < 1.29 is 0 Å². The summed E-state index contributed by atoms with van der Waals surface area (Å²) in [4.78, 5) is 5.38. The van der Waals surface area contributed by atoms with E-state index in [1.165, 1.54) is 147 Å². The number of nitrogens with zero attached hydrogens (tertiary/aromatic N) is 2. The molecule has 1 spiro atoms. The number of hydrogen-bond acceptors (Lipinski definition) is 3. The van der Waals surface area contributed by atoms with Crippen LogP contribution in [0.15, 0.2) is 133 Å². The number of aryl methyl sites for hydroxylation is 2. The van der Waals surface area contributed by atoms with Crippen molar-refractivity contribution in [3.05, 3.63) is 172 Å². The van der Waals surface area contributed by atoms with Gasteiger partial charge < -0.3 is 9.80 Å². The highest BCUT2D eigenvalue weighted by Gasteiger charge is 2.49. The maximum absolute atomic E-state index is 2.77. The molecule has 12 rings (SSSR count). The predicted octanol–water partition coefficient (Wildman–Crippen LogP) is 16.0. The van der Waals surface area contributed by atoms with Gasteiger partial charge in [-0.2, -0.15) is 0 Å². The molecule has 7 aromatic carbocycles. The second kappa shape index (κ2) is 14.6. The molecule has 1 saturated carbocycles. The molecule has 0 radical (unpaired) electrons. The van der Waals surface area contributed by atoms with Gasteiger partial charge in [-0.1, -0.05) is 171 Å². The summed E-state index contributed by atoms with van der Waals surface area (Å²) in [6, 6.07) is 53.2. The Morgan fingerprint density at radius 1 is 0.522 bits per heavy atom. The summed E-state index contributed by atoms with van der Waals surface area (Å²) >= 11 is 2.02. The van der Waals surface area contributed by atoms with Crippen LogP contribution < -0.4 is 25.5 Å². The highest BCUT2D eigenvalue weighted by atomic mass is 32.1. The molecular formula is C63H63BN2S. The molecule has 67 heavy (non-hydrogen) atoms. The number of thiophene rings is 1. The highest BCUT2D eigenvalue weighted by molar-refractivity contribution is 7.33. The average Bonchev–Trinajstić information content (AvgIpc) is 4.00. The Balaban J connectivity index is 1.25. The van der Waals surface area contributed by atoms with Crippen LogP contribution in [0.4, 0.5) is 34.1 Å². The fourth-order valence-corrected chi connectivity index (χ4v) is 13.9. The van der Waals surface area contributed by atoms with Crippen molar-refractivity contribution in [3.8, 4) is 22.3 Å². The Labute approximate surface area is 403 Å². The Kier molecular flexibility index (Phi) is 9.26. The van der Waals surface area contributed by atoms with Crippen LogP contribution in [-0.2, 0) is 21.7 Å². The largest absolute Gasteiger partial charge is 0.311 e. The van der Waals surface area contributed by atoms with Gasteiger partial charge in [-0.25, -0.2) is 0 Å². The minimum atomic E-state index is -0.0241. The van der Waals surface area contributed by atoms with E-state index in [9.17, 15) is 0 Å². The Morgan fingerprint density at radius 3 is 1.81 bits per heavy atom. The Morgan fingerprint density at radius 2 is 1.12 bits per heavy atom. The molecule has 2 aliphatic heterocycles. The van der Waals surface area contributed by atoms with Gasteiger partial charge in [-0.15, -0.1) is 11.3 Å². The lowest BCUT2D eigenvalue weighted by molar-refractivity contribution is 0.550. The summed E-state index contributed by atoms with van der Waals surface area (Å²) in [6.45, 7) is 25.6. The van der Waals surface area contributed by atoms with Crippen LogP contribution in [0, 0.1) is 13.8 Å². The molecule has 0 N–H and O–H groups in total. The highest BCUT2D eigenvalue weighted by Crippen LogP contribution is 2.61. The SMILES string of the molecule is Cc1cc(C)cc(-c2cc3c4c(c2)N(c2cccc5c2-c2ccccc2C52CCCC2)c2c(sc5ccc(C(C)(C)C)cc25)B4c2cc(C(C)(C)C)ccc2N3c2ccc(C(C)(C)C)cc2)c1. The van der Waals surface area contributed by atoms with E-state index in [2.05, 4.69) is 219 Å². The van der Waals surface area contributed by atoms with Crippen molar-refractivity contribution in [2.45, 2.75) is 124 Å². The molecule has 0 unspecified atom stereocenters. The summed E-state index contributed by atoms with van der Waals surface area (Å²) in [6.07, 6.45) is 4.95. The molecule has 1 aromatic heterocycles. The van der Waals surface area contributed by atoms with Crippen LogP contribution in [0.5, 0.6) is 0 Å². The van der Waals surface area contributed by atoms with E-state index in [1.54, 1.807) is 0 Å². The van der Waals surface area contributed by atoms with Crippen molar-refractivity contribution in [2.24, 2.45) is 0 Å². The number of benzene rings is 7. The molecular weight excluding hydrogens is 828 g/mol. The maximum atomic E-state index is 2.77. The van der Waals surface area contributed by atoms with Gasteiger partial charge in [-0.05, 0) is 147 Å². The predicted molar refractivity (Wildman–Crippen MR) is 292 cm³/mol. The fraction of sp³-hybridized carbons (Fsp3) is 0.302. The third-order valence-electron chi connectivity index (χ3n) is 15.9. The van der Waals surface area contributed by atoms with Crippen molar-refractivity contribution in [1.29, 1.82) is 0 Å². The molecule has 4 heteroatoms. The summed E-state index contributed by atoms with van der Waals surface area (Å²) in [5, 5.41) is 1.35. The fourth-order valence-electron chi connectivity index (χ4n) is 12.6. The van der Waals surface area contributed by atoms with Gasteiger partial charge in [0.05, 0.1) is 11.4 Å². The van der Waals surface area contributed by atoms with E-state index in [0.717, 1.165) is 0 Å². The third-order valence-corrected chi connectivity index (χ3v) is 17.1. The van der Waals surface area contributed by atoms with Gasteiger partial charge in [0, 0.05) is 48.6 Å². The standard InChI is InChI=1S/C63H63BN2S/c1-38-31-39(2)33-40(32-38)41-34-53-57-54(35-41)66(52-20-16-19-49-56(52)46-17-12-13-18-48(46)63(49)29-14-15-30-63)58-47-36-43(61(6,7)8)24-28-55(47)67-59(58)64(57)50-37-44(62(9,10)11)23-27-51(50)65(53)45-25-21-42(22-26-45)60(3,4)5/h12-13,16-28,31-37H,14-15,29-30H2,1-11H3. The monoisotopic (exact) mass is 890 g/mol. The minimum absolute atomic E-state index is 0.00629. The van der Waals surface area contributed by atoms with Gasteiger partial charge in [0.15, 0.2) is 0 Å². The van der Waals surface area contributed by atoms with E-state index in [4.69, 9.17) is 0 Å². The van der Waals surface area contributed by atoms with Crippen molar-refractivity contribution in [2.75, 3.05) is 9.80 Å². The molecule has 4 aliphatic rings. The molecule has 0 atom stereocenters. The lowest BCUT2D eigenvalue weighted by atomic mass is 9.36. The van der Waals surface area contributed by atoms with Crippen LogP contribution in [0.25, 0.3) is 32.3 Å². The molecule has 1 fully saturated rings. The van der Waals surface area contributed by atoms with Crippen LogP contribution in [0.3, 0.4) is 0 Å². The van der Waals surface area contributed by atoms with Crippen LogP contribution in [0.1, 0.15) is 127 Å². The first-order valence-corrected chi connectivity index (χ1v) is 25.6. The molecule has 0 bridgehead atoms. The van der Waals surface area contributed by atoms with Gasteiger partial charge in [-0.3, -0.25) is 0 Å². The smallest absolute Gasteiger partial charge is 0.264 e. The van der Waals surface area contributed by atoms with Gasteiger partial charge >= 0.3 is 0 Å². The molecule has 334 valence electrons. The van der Waals surface area contributed by atoms with Crippen LogP contribution >= 0.6 is 11.3 Å². The summed E-state index contributed by atoms with van der Waals surface area (Å²) in [5.74, 6) is 0. The quantitative estimate of drug-likeness (QED) is 0.163. The second-order valence-corrected chi connectivity index (χ2v) is 24.6. The van der Waals surface area contributed by atoms with Crippen LogP contribution in [-0.4, -0.2) is 6.71 Å². The lowest BCUT2D eigenvalue weighted by Crippen LogP contribution is -2.60. The molecule has 8 aromatic rings. The zero-order chi connectivity index (χ0) is 46.5. The van der Waals surface area contributed by atoms with E-state index >= 15 is 0 Å². The number of rotatable bonds is 3. The van der Waals surface area contributed by atoms with Gasteiger partial charge in [0.2, 0.25) is 0 Å². The number of fused-ring (bicyclic) bond motifs is 11. The van der Waals surface area contributed by atoms with Crippen molar-refractivity contribution >= 4 is 78.0 Å². The lowest BCUT2D eigenvalue weighted by Gasteiger charge is -2.44. The first-order chi connectivity index (χ1) is 31.9. The van der Waals surface area contributed by atoms with Crippen molar-refractivity contribution in [3.63, 3.8) is 0 Å². The Hall–Kier alpha value is -5.84. The zero-order valence-electron chi connectivity index (χ0n) is 41.4. The van der Waals surface area contributed by atoms with E-state index < -0.39 is 0 Å². The maximum Gasteiger partial charge on any atom is 0.264 e. The molecule has 0 amide bonds. The summed E-state index contributed by atoms with van der Waals surface area (Å²) < 4.78 is 2.78. The molecule has 2 aliphatic carbocycles. The number of hydrogen-bond donors (Lipinski definition) is 0. The third kappa shape index (κ3) is 6.41. The van der Waals surface area contributed by atoms with E-state index in [1.807, 2.05) is 11.3 Å². The first-order valence-electron chi connectivity index (χ1n) is 24.8. The summed E-state index contributed by atoms with van der Waals surface area (Å²) in [7, 11) is 0. The van der Waals surface area contributed by atoms with E-state index in [-0.39, 0.29) is 28.4 Å². The van der Waals surface area contributed by atoms with Crippen molar-refractivity contribution in [1.82, 2.24) is 0 Å². The molecule has 2 nitrogen and oxygen atoms in total. The summed E-state index contributed by atoms with van der Waals surface area (Å²) in [5.41, 5.74) is 25.5.